The highest BCUT2D eigenvalue weighted by atomic mass is 19.1. The Kier molecular flexibility index (Phi) is 6.65. The van der Waals surface area contributed by atoms with Crippen LogP contribution in [0.4, 0.5) is 10.1 Å². The Morgan fingerprint density at radius 1 is 1.18 bits per heavy atom. The SMILES string of the molecule is COc1c(C(=O)NC2(C(=O)N3CCOCC3)CC2)ccc(N)c1C(=N)/C=C/c1ccc(F)cc1. The molecule has 34 heavy (non-hydrogen) atoms. The summed E-state index contributed by atoms with van der Waals surface area (Å²) in [5, 5.41) is 11.4. The van der Waals surface area contributed by atoms with Crippen molar-refractivity contribution < 1.29 is 23.5 Å². The third kappa shape index (κ3) is 4.79. The normalized spacial score (nSPS) is 16.8. The molecule has 1 aliphatic carbocycles. The molecule has 2 aromatic carbocycles. The standard InChI is InChI=1S/C25H27FN4O4/c1-33-22-18(23(31)29-25(10-11-25)24(32)30-12-14-34-15-13-30)7-9-20(28)21(22)19(27)8-4-16-2-5-17(26)6-3-16/h2-9,27H,10-15,28H2,1H3,(H,29,31)/b8-4+,27-19?. The number of methoxy groups -OCH3 is 1. The van der Waals surface area contributed by atoms with Gasteiger partial charge in [0.2, 0.25) is 5.91 Å². The van der Waals surface area contributed by atoms with Crippen molar-refractivity contribution in [2.45, 2.75) is 18.4 Å². The molecular weight excluding hydrogens is 439 g/mol. The third-order valence-corrected chi connectivity index (χ3v) is 6.03. The van der Waals surface area contributed by atoms with E-state index in [1.807, 2.05) is 0 Å². The summed E-state index contributed by atoms with van der Waals surface area (Å²) < 4.78 is 23.9. The van der Waals surface area contributed by atoms with E-state index in [4.69, 9.17) is 20.6 Å². The maximum atomic E-state index is 13.2. The van der Waals surface area contributed by atoms with Gasteiger partial charge in [0.25, 0.3) is 5.91 Å². The van der Waals surface area contributed by atoms with Crippen LogP contribution < -0.4 is 15.8 Å². The van der Waals surface area contributed by atoms with Crippen molar-refractivity contribution in [1.29, 1.82) is 5.41 Å². The van der Waals surface area contributed by atoms with Crippen molar-refractivity contribution >= 4 is 29.3 Å². The lowest BCUT2D eigenvalue weighted by atomic mass is 10.00. The van der Waals surface area contributed by atoms with E-state index in [1.165, 1.54) is 37.5 Å². The summed E-state index contributed by atoms with van der Waals surface area (Å²) in [4.78, 5) is 27.9. The molecule has 2 fully saturated rings. The Labute approximate surface area is 197 Å². The average Bonchev–Trinajstić information content (AvgIpc) is 3.63. The number of morpholine rings is 1. The Morgan fingerprint density at radius 3 is 2.47 bits per heavy atom. The molecule has 2 amide bonds. The first-order valence-electron chi connectivity index (χ1n) is 11.0. The fourth-order valence-corrected chi connectivity index (χ4v) is 3.97. The molecule has 4 N–H and O–H groups in total. The number of nitrogens with zero attached hydrogens (tertiary/aromatic N) is 1. The predicted octanol–water partition coefficient (Wildman–Crippen LogP) is 2.62. The fraction of sp³-hybridized carbons (Fsp3) is 0.320. The Bertz CT molecular complexity index is 1140. The zero-order valence-corrected chi connectivity index (χ0v) is 18.9. The van der Waals surface area contributed by atoms with Crippen LogP contribution in [0, 0.1) is 11.2 Å². The lowest BCUT2D eigenvalue weighted by Gasteiger charge is -2.31. The number of nitrogen functional groups attached to an aromatic ring is 1. The van der Waals surface area contributed by atoms with Crippen LogP contribution in [0.25, 0.3) is 6.08 Å². The third-order valence-electron chi connectivity index (χ3n) is 6.03. The summed E-state index contributed by atoms with van der Waals surface area (Å²) >= 11 is 0. The van der Waals surface area contributed by atoms with Crippen molar-refractivity contribution in [3.63, 3.8) is 0 Å². The van der Waals surface area contributed by atoms with Crippen LogP contribution in [0.1, 0.15) is 34.3 Å². The lowest BCUT2D eigenvalue weighted by Crippen LogP contribution is -2.53. The molecule has 9 heteroatoms. The molecule has 4 rings (SSSR count). The molecule has 1 heterocycles. The number of ether oxygens (including phenoxy) is 2. The second-order valence-electron chi connectivity index (χ2n) is 8.35. The monoisotopic (exact) mass is 466 g/mol. The summed E-state index contributed by atoms with van der Waals surface area (Å²) in [6.45, 7) is 1.98. The maximum absolute atomic E-state index is 13.2. The lowest BCUT2D eigenvalue weighted by molar-refractivity contribution is -0.138. The number of carbonyl (C=O) groups excluding carboxylic acids is 2. The highest BCUT2D eigenvalue weighted by molar-refractivity contribution is 6.16. The second-order valence-corrected chi connectivity index (χ2v) is 8.35. The van der Waals surface area contributed by atoms with Crippen molar-refractivity contribution in [2.24, 2.45) is 0 Å². The van der Waals surface area contributed by atoms with Gasteiger partial charge in [0.15, 0.2) is 0 Å². The number of rotatable bonds is 7. The van der Waals surface area contributed by atoms with Crippen LogP contribution in [-0.2, 0) is 9.53 Å². The highest BCUT2D eigenvalue weighted by Crippen LogP contribution is 2.39. The molecule has 0 aromatic heterocycles. The van der Waals surface area contributed by atoms with E-state index in [0.717, 1.165) is 0 Å². The molecule has 2 aromatic rings. The number of benzene rings is 2. The minimum Gasteiger partial charge on any atom is -0.495 e. The zero-order chi connectivity index (χ0) is 24.3. The molecule has 2 aliphatic rings. The van der Waals surface area contributed by atoms with E-state index in [2.05, 4.69) is 5.32 Å². The molecule has 1 aliphatic heterocycles. The number of hydrogen-bond donors (Lipinski definition) is 3. The van der Waals surface area contributed by atoms with E-state index in [1.54, 1.807) is 23.1 Å². The number of hydrogen-bond acceptors (Lipinski definition) is 6. The van der Waals surface area contributed by atoms with Crippen LogP contribution in [-0.4, -0.2) is 61.4 Å². The van der Waals surface area contributed by atoms with Gasteiger partial charge in [0.1, 0.15) is 17.1 Å². The van der Waals surface area contributed by atoms with Gasteiger partial charge in [-0.25, -0.2) is 4.39 Å². The maximum Gasteiger partial charge on any atom is 0.255 e. The van der Waals surface area contributed by atoms with Gasteiger partial charge in [-0.3, -0.25) is 9.59 Å². The quantitative estimate of drug-likeness (QED) is 0.428. The van der Waals surface area contributed by atoms with Crippen molar-refractivity contribution in [1.82, 2.24) is 10.2 Å². The Hall–Kier alpha value is -3.72. The largest absolute Gasteiger partial charge is 0.495 e. The van der Waals surface area contributed by atoms with Crippen LogP contribution in [0.5, 0.6) is 5.75 Å². The summed E-state index contributed by atoms with van der Waals surface area (Å²) in [7, 11) is 1.40. The molecule has 1 saturated carbocycles. The summed E-state index contributed by atoms with van der Waals surface area (Å²) in [5.74, 6) is -0.764. The molecule has 0 radical (unpaired) electrons. The fourth-order valence-electron chi connectivity index (χ4n) is 3.97. The van der Waals surface area contributed by atoms with E-state index >= 15 is 0 Å². The van der Waals surface area contributed by atoms with Crippen LogP contribution in [0.2, 0.25) is 0 Å². The number of amides is 2. The van der Waals surface area contributed by atoms with Gasteiger partial charge >= 0.3 is 0 Å². The summed E-state index contributed by atoms with van der Waals surface area (Å²) in [5.41, 5.74) is 6.66. The minimum atomic E-state index is -0.920. The first-order chi connectivity index (χ1) is 16.3. The number of allylic oxidation sites excluding steroid dienone is 1. The van der Waals surface area contributed by atoms with Crippen LogP contribution >= 0.6 is 0 Å². The van der Waals surface area contributed by atoms with Gasteiger partial charge in [-0.15, -0.1) is 0 Å². The van der Waals surface area contributed by atoms with Crippen LogP contribution in [0.15, 0.2) is 42.5 Å². The molecule has 0 spiro atoms. The number of halogens is 1. The Morgan fingerprint density at radius 2 is 1.85 bits per heavy atom. The summed E-state index contributed by atoms with van der Waals surface area (Å²) in [6, 6.07) is 8.90. The zero-order valence-electron chi connectivity index (χ0n) is 18.9. The van der Waals surface area contributed by atoms with Gasteiger partial charge < -0.3 is 30.8 Å². The molecule has 0 bridgehead atoms. The van der Waals surface area contributed by atoms with E-state index in [-0.39, 0.29) is 40.0 Å². The van der Waals surface area contributed by atoms with Gasteiger partial charge in [-0.05, 0) is 48.7 Å². The molecule has 178 valence electrons. The van der Waals surface area contributed by atoms with E-state index in [0.29, 0.717) is 44.7 Å². The molecule has 0 atom stereocenters. The highest BCUT2D eigenvalue weighted by Gasteiger charge is 2.53. The topological polar surface area (TPSA) is 118 Å². The molecular formula is C25H27FN4O4. The Balaban J connectivity index is 1.56. The number of nitrogens with two attached hydrogens (primary N) is 1. The molecule has 8 nitrogen and oxygen atoms in total. The minimum absolute atomic E-state index is 0.0267. The van der Waals surface area contributed by atoms with E-state index in [9.17, 15) is 14.0 Å². The van der Waals surface area contributed by atoms with Crippen LogP contribution in [0.3, 0.4) is 0 Å². The van der Waals surface area contributed by atoms with Crippen molar-refractivity contribution in [3.05, 3.63) is 65.0 Å². The van der Waals surface area contributed by atoms with Crippen molar-refractivity contribution in [3.8, 4) is 5.75 Å². The van der Waals surface area contributed by atoms with Crippen molar-refractivity contribution in [2.75, 3.05) is 39.1 Å². The molecule has 0 unspecified atom stereocenters. The number of carbonyl (C=O) groups is 2. The molecule has 1 saturated heterocycles. The van der Waals surface area contributed by atoms with Gasteiger partial charge in [0.05, 0.1) is 37.2 Å². The average molecular weight is 467 g/mol. The number of anilines is 1. The summed E-state index contributed by atoms with van der Waals surface area (Å²) in [6.07, 6.45) is 4.28. The smallest absolute Gasteiger partial charge is 0.255 e. The first-order valence-corrected chi connectivity index (χ1v) is 11.0. The number of nitrogens with one attached hydrogen (secondary N) is 2. The van der Waals surface area contributed by atoms with Gasteiger partial charge in [-0.2, -0.15) is 0 Å². The van der Waals surface area contributed by atoms with Gasteiger partial charge in [-0.1, -0.05) is 18.2 Å². The van der Waals surface area contributed by atoms with E-state index < -0.39 is 11.4 Å². The first kappa shape index (κ1) is 23.4. The predicted molar refractivity (Wildman–Crippen MR) is 126 cm³/mol. The second kappa shape index (κ2) is 9.64. The van der Waals surface area contributed by atoms with Gasteiger partial charge in [0, 0.05) is 18.8 Å².